The molecule has 102 heavy (non-hydrogen) atoms. The lowest BCUT2D eigenvalue weighted by Crippen LogP contribution is -2.30. The van der Waals surface area contributed by atoms with Gasteiger partial charge in [-0.1, -0.05) is 382 Å². The number of ether oxygens (including phenoxy) is 4. The van der Waals surface area contributed by atoms with Gasteiger partial charge in [-0.2, -0.15) is 0 Å². The van der Waals surface area contributed by atoms with Gasteiger partial charge in [-0.3, -0.25) is 37.3 Å². The standard InChI is InChI=1S/C83H162O17P2/c1-8-12-13-14-15-16-17-18-19-25-28-31-34-43-50-57-64-80(85)93-70-78(99-82(87)66-59-52-45-35-32-29-26-23-21-20-22-24-27-30-33-40-47-54-61-74(5)9-2)72-97-101(89,90)95-68-77(84)69-96-102(91,92)98-73-79(100-83(88)67-60-53-46-39-37-42-49-56-63-76(7)11-4)71-94-81(86)65-58-51-44-38-36-41-48-55-62-75(6)10-3/h74-79,84H,8-73H2,1-7H3,(H,89,90)(H,91,92)/t74?,75?,76?,77-,78-,79-/m1/s1. The molecule has 0 aromatic rings. The van der Waals surface area contributed by atoms with Crippen LogP contribution in [0.5, 0.6) is 0 Å². The summed E-state index contributed by atoms with van der Waals surface area (Å²) in [5.41, 5.74) is 0. The van der Waals surface area contributed by atoms with Gasteiger partial charge in [0.1, 0.15) is 19.3 Å². The van der Waals surface area contributed by atoms with Gasteiger partial charge in [0, 0.05) is 25.7 Å². The van der Waals surface area contributed by atoms with Gasteiger partial charge in [-0.05, 0) is 43.4 Å². The molecular weight excluding hydrogens is 1330 g/mol. The number of phosphoric ester groups is 2. The first kappa shape index (κ1) is 100. The van der Waals surface area contributed by atoms with Crippen LogP contribution in [0.3, 0.4) is 0 Å². The summed E-state index contributed by atoms with van der Waals surface area (Å²) in [6.45, 7) is 12.0. The summed E-state index contributed by atoms with van der Waals surface area (Å²) in [5, 5.41) is 10.7. The van der Waals surface area contributed by atoms with Crippen molar-refractivity contribution in [2.24, 2.45) is 17.8 Å². The number of unbranched alkanes of at least 4 members (excludes halogenated alkanes) is 46. The minimum absolute atomic E-state index is 0.105. The lowest BCUT2D eigenvalue weighted by molar-refractivity contribution is -0.161. The Morgan fingerprint density at radius 2 is 0.471 bits per heavy atom. The Hall–Kier alpha value is -1.94. The van der Waals surface area contributed by atoms with Crippen LogP contribution < -0.4 is 0 Å². The third kappa shape index (κ3) is 72.3. The maximum atomic E-state index is 13.1. The predicted octanol–water partition coefficient (Wildman–Crippen LogP) is 24.9. The van der Waals surface area contributed by atoms with Gasteiger partial charge in [-0.15, -0.1) is 0 Å². The molecule has 0 saturated carbocycles. The average Bonchev–Trinajstić information content (AvgIpc) is 0.921. The number of hydrogen-bond acceptors (Lipinski definition) is 15. The zero-order valence-electron chi connectivity index (χ0n) is 67.1. The van der Waals surface area contributed by atoms with Gasteiger partial charge >= 0.3 is 39.5 Å². The molecule has 0 saturated heterocycles. The summed E-state index contributed by atoms with van der Waals surface area (Å²) in [7, 11) is -9.92. The monoisotopic (exact) mass is 1490 g/mol. The van der Waals surface area contributed by atoms with Gasteiger partial charge < -0.3 is 33.8 Å². The van der Waals surface area contributed by atoms with E-state index in [4.69, 9.17) is 37.0 Å². The lowest BCUT2D eigenvalue weighted by Gasteiger charge is -2.21. The van der Waals surface area contributed by atoms with Crippen molar-refractivity contribution < 1.29 is 80.2 Å². The molecule has 3 N–H and O–H groups in total. The lowest BCUT2D eigenvalue weighted by atomic mass is 9.99. The molecule has 0 aliphatic carbocycles. The van der Waals surface area contributed by atoms with Gasteiger partial charge in [0.15, 0.2) is 12.2 Å². The molecule has 17 nitrogen and oxygen atoms in total. The Labute approximate surface area is 626 Å². The van der Waals surface area contributed by atoms with Gasteiger partial charge in [0.05, 0.1) is 26.4 Å². The highest BCUT2D eigenvalue weighted by atomic mass is 31.2. The van der Waals surface area contributed by atoms with Crippen molar-refractivity contribution in [1.29, 1.82) is 0 Å². The SMILES string of the molecule is CCCCCCCCCCCCCCCCCCC(=O)OC[C@H](COP(=O)(O)OC[C@@H](O)COP(=O)(O)OC[C@@H](COC(=O)CCCCCCCCCCC(C)CC)OC(=O)CCCCCCCCCCC(C)CC)OC(=O)CCCCCCCCCCCCCCCCCCCCC(C)CC. The van der Waals surface area contributed by atoms with Crippen molar-refractivity contribution in [2.45, 2.75) is 452 Å². The highest BCUT2D eigenvalue weighted by Crippen LogP contribution is 2.45. The molecule has 0 fully saturated rings. The van der Waals surface area contributed by atoms with Crippen molar-refractivity contribution in [3.8, 4) is 0 Å². The van der Waals surface area contributed by atoms with Gasteiger partial charge in [-0.25, -0.2) is 9.13 Å². The third-order valence-electron chi connectivity index (χ3n) is 20.5. The minimum atomic E-state index is -4.96. The van der Waals surface area contributed by atoms with Crippen molar-refractivity contribution in [1.82, 2.24) is 0 Å². The zero-order valence-corrected chi connectivity index (χ0v) is 68.9. The van der Waals surface area contributed by atoms with E-state index in [-0.39, 0.29) is 25.7 Å². The number of hydrogen-bond donors (Lipinski definition) is 3. The first-order chi connectivity index (χ1) is 49.3. The third-order valence-corrected chi connectivity index (χ3v) is 22.4. The van der Waals surface area contributed by atoms with Crippen LogP contribution in [0.25, 0.3) is 0 Å². The number of phosphoric acid groups is 2. The molecule has 0 aromatic carbocycles. The Kier molecular flexibility index (Phi) is 71.8. The number of rotatable bonds is 81. The first-order valence-corrected chi connectivity index (χ1v) is 46.0. The predicted molar refractivity (Wildman–Crippen MR) is 418 cm³/mol. The van der Waals surface area contributed by atoms with E-state index in [0.29, 0.717) is 25.7 Å². The fraction of sp³-hybridized carbons (Fsp3) is 0.952. The maximum Gasteiger partial charge on any atom is 0.472 e. The maximum absolute atomic E-state index is 13.1. The normalized spacial score (nSPS) is 14.7. The van der Waals surface area contributed by atoms with Crippen molar-refractivity contribution in [2.75, 3.05) is 39.6 Å². The topological polar surface area (TPSA) is 237 Å². The van der Waals surface area contributed by atoms with Crippen LogP contribution in [0.15, 0.2) is 0 Å². The molecule has 0 amide bonds. The summed E-state index contributed by atoms with van der Waals surface area (Å²) in [5.74, 6) is 0.308. The highest BCUT2D eigenvalue weighted by molar-refractivity contribution is 7.47. The second-order valence-corrected chi connectivity index (χ2v) is 33.5. The molecule has 19 heteroatoms. The summed E-state index contributed by atoms with van der Waals surface area (Å²) in [4.78, 5) is 73.1. The van der Waals surface area contributed by atoms with Crippen LogP contribution in [-0.2, 0) is 65.4 Å². The van der Waals surface area contributed by atoms with Gasteiger partial charge in [0.2, 0.25) is 0 Å². The molecule has 0 aliphatic rings. The molecule has 0 rings (SSSR count). The number of esters is 4. The Bertz CT molecular complexity index is 1980. The molecule has 606 valence electrons. The zero-order chi connectivity index (χ0) is 75.1. The second-order valence-electron chi connectivity index (χ2n) is 30.6. The molecule has 0 aromatic heterocycles. The summed E-state index contributed by atoms with van der Waals surface area (Å²) >= 11 is 0. The molecule has 0 heterocycles. The number of carbonyl (C=O) groups excluding carboxylic acids is 4. The Morgan fingerprint density at radius 3 is 0.696 bits per heavy atom. The van der Waals surface area contributed by atoms with E-state index in [9.17, 15) is 43.2 Å². The largest absolute Gasteiger partial charge is 0.472 e. The Balaban J connectivity index is 5.23. The fourth-order valence-corrected chi connectivity index (χ4v) is 14.3. The molecule has 0 bridgehead atoms. The van der Waals surface area contributed by atoms with E-state index in [2.05, 4.69) is 48.5 Å². The number of aliphatic hydroxyl groups excluding tert-OH is 1. The Morgan fingerprint density at radius 1 is 0.275 bits per heavy atom. The van der Waals surface area contributed by atoms with E-state index in [1.54, 1.807) is 0 Å². The van der Waals surface area contributed by atoms with E-state index < -0.39 is 97.5 Å². The molecule has 0 aliphatic heterocycles. The average molecular weight is 1490 g/mol. The number of aliphatic hydroxyl groups is 1. The second kappa shape index (κ2) is 73.2. The molecule has 0 spiro atoms. The smallest absolute Gasteiger partial charge is 0.462 e. The highest BCUT2D eigenvalue weighted by Gasteiger charge is 2.30. The molecule has 8 atom stereocenters. The summed E-state index contributed by atoms with van der Waals surface area (Å²) < 4.78 is 68.8. The van der Waals surface area contributed by atoms with Crippen LogP contribution in [0.1, 0.15) is 434 Å². The molecule has 0 radical (unpaired) electrons. The summed E-state index contributed by atoms with van der Waals surface area (Å²) in [6, 6.07) is 0. The first-order valence-electron chi connectivity index (χ1n) is 43.0. The quantitative estimate of drug-likeness (QED) is 0.0222. The minimum Gasteiger partial charge on any atom is -0.462 e. The molecular formula is C83H162O17P2. The van der Waals surface area contributed by atoms with E-state index in [0.717, 1.165) is 108 Å². The molecule has 5 unspecified atom stereocenters. The van der Waals surface area contributed by atoms with E-state index in [1.165, 1.54) is 244 Å². The van der Waals surface area contributed by atoms with Crippen molar-refractivity contribution in [3.05, 3.63) is 0 Å². The van der Waals surface area contributed by atoms with Crippen LogP contribution in [-0.4, -0.2) is 96.7 Å². The van der Waals surface area contributed by atoms with E-state index >= 15 is 0 Å². The fourth-order valence-electron chi connectivity index (χ4n) is 12.7. The number of carbonyl (C=O) groups is 4. The van der Waals surface area contributed by atoms with Crippen molar-refractivity contribution >= 4 is 39.5 Å². The van der Waals surface area contributed by atoms with Crippen LogP contribution >= 0.6 is 15.6 Å². The van der Waals surface area contributed by atoms with Crippen molar-refractivity contribution in [3.63, 3.8) is 0 Å². The van der Waals surface area contributed by atoms with Crippen LogP contribution in [0.4, 0.5) is 0 Å². The van der Waals surface area contributed by atoms with Crippen LogP contribution in [0, 0.1) is 17.8 Å². The van der Waals surface area contributed by atoms with Crippen LogP contribution in [0.2, 0.25) is 0 Å². The van der Waals surface area contributed by atoms with E-state index in [1.807, 2.05) is 0 Å². The summed E-state index contributed by atoms with van der Waals surface area (Å²) in [6.07, 6.45) is 62.3. The van der Waals surface area contributed by atoms with Gasteiger partial charge in [0.25, 0.3) is 0 Å².